The molecular weight excluding hydrogens is 277 g/mol. The van der Waals surface area contributed by atoms with Crippen LogP contribution in [-0.4, -0.2) is 0 Å². The third-order valence-electron chi connectivity index (χ3n) is 3.47. The first-order valence-corrected chi connectivity index (χ1v) is 6.64. The van der Waals surface area contributed by atoms with Gasteiger partial charge < -0.3 is 5.73 Å². The maximum atomic E-state index is 6.30. The highest BCUT2D eigenvalue weighted by molar-refractivity contribution is 6.33. The van der Waals surface area contributed by atoms with Crippen molar-refractivity contribution in [1.29, 1.82) is 0 Å². The third kappa shape index (κ3) is 3.75. The zero-order valence-electron chi connectivity index (χ0n) is 9.66. The van der Waals surface area contributed by atoms with Crippen LogP contribution in [0.25, 0.3) is 0 Å². The standard InChI is InChI=1S/C13H17Cl2N.ClH/c14-10-6-7-12(15)11(8-10)13(16)9-4-2-1-3-5-9;/h6-9,13H,1-5,16H2;1H/t13-;/m0./s1. The molecular formula is C13H18Cl3N. The van der Waals surface area contributed by atoms with Gasteiger partial charge in [-0.2, -0.15) is 0 Å². The summed E-state index contributed by atoms with van der Waals surface area (Å²) in [5.41, 5.74) is 7.30. The van der Waals surface area contributed by atoms with Gasteiger partial charge in [0.1, 0.15) is 0 Å². The van der Waals surface area contributed by atoms with Crippen molar-refractivity contribution in [2.24, 2.45) is 11.7 Å². The van der Waals surface area contributed by atoms with Gasteiger partial charge in [-0.1, -0.05) is 42.5 Å². The van der Waals surface area contributed by atoms with Crippen molar-refractivity contribution in [3.05, 3.63) is 33.8 Å². The summed E-state index contributed by atoms with van der Waals surface area (Å²) < 4.78 is 0. The van der Waals surface area contributed by atoms with Crippen molar-refractivity contribution in [3.8, 4) is 0 Å². The van der Waals surface area contributed by atoms with Crippen LogP contribution in [0.15, 0.2) is 18.2 Å². The molecule has 1 aliphatic rings. The first-order chi connectivity index (χ1) is 7.68. The lowest BCUT2D eigenvalue weighted by atomic mass is 9.81. The number of hydrogen-bond donors (Lipinski definition) is 1. The highest BCUT2D eigenvalue weighted by atomic mass is 35.5. The minimum Gasteiger partial charge on any atom is -0.324 e. The van der Waals surface area contributed by atoms with E-state index in [1.165, 1.54) is 32.1 Å². The van der Waals surface area contributed by atoms with Gasteiger partial charge in [0.25, 0.3) is 0 Å². The highest BCUT2D eigenvalue weighted by Crippen LogP contribution is 2.36. The molecule has 1 atom stereocenters. The molecule has 0 saturated heterocycles. The minimum absolute atomic E-state index is 0. The Balaban J connectivity index is 0.00000144. The van der Waals surface area contributed by atoms with Crippen molar-refractivity contribution in [3.63, 3.8) is 0 Å². The van der Waals surface area contributed by atoms with E-state index in [1.807, 2.05) is 12.1 Å². The highest BCUT2D eigenvalue weighted by Gasteiger charge is 2.23. The summed E-state index contributed by atoms with van der Waals surface area (Å²) in [4.78, 5) is 0. The molecule has 0 heterocycles. The summed E-state index contributed by atoms with van der Waals surface area (Å²) >= 11 is 12.2. The quantitative estimate of drug-likeness (QED) is 0.816. The Labute approximate surface area is 119 Å². The lowest BCUT2D eigenvalue weighted by molar-refractivity contribution is 0.308. The van der Waals surface area contributed by atoms with Crippen LogP contribution in [0.1, 0.15) is 43.7 Å². The van der Waals surface area contributed by atoms with Crippen molar-refractivity contribution in [1.82, 2.24) is 0 Å². The molecule has 0 radical (unpaired) electrons. The molecule has 2 rings (SSSR count). The SMILES string of the molecule is Cl.N[C@H](c1cc(Cl)ccc1Cl)C1CCCCC1. The van der Waals surface area contributed by atoms with Crippen LogP contribution in [0, 0.1) is 5.92 Å². The second-order valence-electron chi connectivity index (χ2n) is 4.59. The van der Waals surface area contributed by atoms with E-state index in [2.05, 4.69) is 0 Å². The lowest BCUT2D eigenvalue weighted by Crippen LogP contribution is -2.23. The molecule has 2 N–H and O–H groups in total. The Hall–Kier alpha value is 0.0500. The van der Waals surface area contributed by atoms with E-state index in [9.17, 15) is 0 Å². The van der Waals surface area contributed by atoms with Gasteiger partial charge in [-0.05, 0) is 42.5 Å². The first kappa shape index (κ1) is 15.1. The number of rotatable bonds is 2. The van der Waals surface area contributed by atoms with Gasteiger partial charge in [0.05, 0.1) is 0 Å². The van der Waals surface area contributed by atoms with Crippen LogP contribution in [0.2, 0.25) is 10.0 Å². The van der Waals surface area contributed by atoms with E-state index < -0.39 is 0 Å². The molecule has 17 heavy (non-hydrogen) atoms. The second-order valence-corrected chi connectivity index (χ2v) is 5.43. The van der Waals surface area contributed by atoms with Crippen molar-refractivity contribution in [2.45, 2.75) is 38.1 Å². The third-order valence-corrected chi connectivity index (χ3v) is 4.05. The smallest absolute Gasteiger partial charge is 0.0454 e. The average molecular weight is 295 g/mol. The van der Waals surface area contributed by atoms with Crippen LogP contribution in [0.4, 0.5) is 0 Å². The fourth-order valence-corrected chi connectivity index (χ4v) is 2.94. The van der Waals surface area contributed by atoms with E-state index in [-0.39, 0.29) is 18.4 Å². The lowest BCUT2D eigenvalue weighted by Gasteiger charge is -2.28. The molecule has 1 fully saturated rings. The molecule has 1 aromatic rings. The Morgan fingerprint density at radius 1 is 1.12 bits per heavy atom. The van der Waals surface area contributed by atoms with Crippen LogP contribution in [-0.2, 0) is 0 Å². The van der Waals surface area contributed by atoms with Gasteiger partial charge in [0, 0.05) is 16.1 Å². The number of hydrogen-bond acceptors (Lipinski definition) is 1. The van der Waals surface area contributed by atoms with E-state index in [4.69, 9.17) is 28.9 Å². The van der Waals surface area contributed by atoms with Gasteiger partial charge in [0.2, 0.25) is 0 Å². The molecule has 1 aliphatic carbocycles. The molecule has 0 aliphatic heterocycles. The van der Waals surface area contributed by atoms with Gasteiger partial charge in [-0.25, -0.2) is 0 Å². The zero-order valence-corrected chi connectivity index (χ0v) is 12.0. The molecule has 1 aromatic carbocycles. The molecule has 1 saturated carbocycles. The summed E-state index contributed by atoms with van der Waals surface area (Å²) in [7, 11) is 0. The zero-order chi connectivity index (χ0) is 11.5. The van der Waals surface area contributed by atoms with E-state index in [0.29, 0.717) is 10.9 Å². The molecule has 0 bridgehead atoms. The number of halogens is 3. The Morgan fingerprint density at radius 2 is 1.76 bits per heavy atom. The molecule has 4 heteroatoms. The van der Waals surface area contributed by atoms with Crippen molar-refractivity contribution in [2.75, 3.05) is 0 Å². The minimum atomic E-state index is 0. The van der Waals surface area contributed by atoms with Gasteiger partial charge in [0.15, 0.2) is 0 Å². The summed E-state index contributed by atoms with van der Waals surface area (Å²) in [5, 5.41) is 1.45. The Morgan fingerprint density at radius 3 is 2.41 bits per heavy atom. The fraction of sp³-hybridized carbons (Fsp3) is 0.538. The van der Waals surface area contributed by atoms with Gasteiger partial charge in [-0.15, -0.1) is 12.4 Å². The maximum Gasteiger partial charge on any atom is 0.0454 e. The molecule has 96 valence electrons. The Kier molecular flexibility index (Phi) is 6.08. The maximum absolute atomic E-state index is 6.30. The average Bonchev–Trinajstić information content (AvgIpc) is 2.32. The molecule has 0 unspecified atom stereocenters. The summed E-state index contributed by atoms with van der Waals surface area (Å²) in [6.45, 7) is 0. The largest absolute Gasteiger partial charge is 0.324 e. The number of benzene rings is 1. The van der Waals surface area contributed by atoms with Crippen LogP contribution in [0.3, 0.4) is 0 Å². The van der Waals surface area contributed by atoms with Crippen molar-refractivity contribution < 1.29 is 0 Å². The van der Waals surface area contributed by atoms with E-state index >= 15 is 0 Å². The predicted octanol–water partition coefficient (Wildman–Crippen LogP) is 5.00. The van der Waals surface area contributed by atoms with Crippen LogP contribution in [0.5, 0.6) is 0 Å². The summed E-state index contributed by atoms with van der Waals surface area (Å²) in [6.07, 6.45) is 6.34. The summed E-state index contributed by atoms with van der Waals surface area (Å²) in [5.74, 6) is 0.560. The monoisotopic (exact) mass is 293 g/mol. The van der Waals surface area contributed by atoms with Crippen LogP contribution >= 0.6 is 35.6 Å². The summed E-state index contributed by atoms with van der Waals surface area (Å²) in [6, 6.07) is 5.58. The molecule has 0 amide bonds. The Bertz CT molecular complexity index is 362. The first-order valence-electron chi connectivity index (χ1n) is 5.89. The predicted molar refractivity (Wildman–Crippen MR) is 77.2 cm³/mol. The normalized spacial score (nSPS) is 18.5. The molecule has 1 nitrogen and oxygen atoms in total. The van der Waals surface area contributed by atoms with E-state index in [0.717, 1.165) is 10.6 Å². The van der Waals surface area contributed by atoms with Crippen molar-refractivity contribution >= 4 is 35.6 Å². The molecule has 0 aromatic heterocycles. The second kappa shape index (κ2) is 6.84. The van der Waals surface area contributed by atoms with Gasteiger partial charge >= 0.3 is 0 Å². The van der Waals surface area contributed by atoms with E-state index in [1.54, 1.807) is 6.07 Å². The molecule has 0 spiro atoms. The van der Waals surface area contributed by atoms with Gasteiger partial charge in [-0.3, -0.25) is 0 Å². The van der Waals surface area contributed by atoms with Crippen LogP contribution < -0.4 is 5.73 Å². The topological polar surface area (TPSA) is 26.0 Å². The number of nitrogens with two attached hydrogens (primary N) is 1. The fourth-order valence-electron chi connectivity index (χ4n) is 2.52.